The molecule has 1 N–H and O–H groups in total. The Labute approximate surface area is 178 Å². The van der Waals surface area contributed by atoms with Crippen molar-refractivity contribution in [2.45, 2.75) is 10.2 Å². The van der Waals surface area contributed by atoms with Crippen LogP contribution in [0.2, 0.25) is 0 Å². The van der Waals surface area contributed by atoms with Crippen molar-refractivity contribution < 1.29 is 4.42 Å². The first-order valence-corrected chi connectivity index (χ1v) is 10.3. The number of nitrogens with zero attached hydrogens (tertiary/aromatic N) is 3. The summed E-state index contributed by atoms with van der Waals surface area (Å²) in [6.45, 7) is 0. The number of anilines is 2. The molecule has 5 nitrogen and oxygen atoms in total. The van der Waals surface area contributed by atoms with Gasteiger partial charge in [-0.3, -0.25) is 0 Å². The lowest BCUT2D eigenvalue weighted by Gasteiger charge is -2.18. The number of hydrazone groups is 1. The molecule has 0 spiro atoms. The van der Waals surface area contributed by atoms with Gasteiger partial charge in [-0.2, -0.15) is 5.10 Å². The zero-order valence-corrected chi connectivity index (χ0v) is 16.8. The van der Waals surface area contributed by atoms with Gasteiger partial charge in [0, 0.05) is 0 Å². The molecular formula is C24H18N4OS. The van der Waals surface area contributed by atoms with Crippen LogP contribution in [-0.2, 0) is 0 Å². The predicted octanol–water partition coefficient (Wildman–Crippen LogP) is 6.48. The zero-order chi connectivity index (χ0) is 20.2. The van der Waals surface area contributed by atoms with E-state index in [1.54, 1.807) is 6.21 Å². The normalized spacial score (nSPS) is 11.3. The number of furan rings is 1. The maximum absolute atomic E-state index is 5.93. The lowest BCUT2D eigenvalue weighted by Crippen LogP contribution is -2.08. The van der Waals surface area contributed by atoms with E-state index < -0.39 is 0 Å². The predicted molar refractivity (Wildman–Crippen MR) is 122 cm³/mol. The zero-order valence-electron chi connectivity index (χ0n) is 16.0. The molecule has 0 aliphatic heterocycles. The first kappa shape index (κ1) is 18.3. The minimum Gasteiger partial charge on any atom is -0.448 e. The maximum Gasteiger partial charge on any atom is 0.174 e. The summed E-state index contributed by atoms with van der Waals surface area (Å²) in [4.78, 5) is 7.87. The fraction of sp³-hybridized carbons (Fsp3) is 0. The molecule has 146 valence electrons. The van der Waals surface area contributed by atoms with Gasteiger partial charge in [0.25, 0.3) is 0 Å². The molecule has 6 heteroatoms. The van der Waals surface area contributed by atoms with Gasteiger partial charge in [0.1, 0.15) is 5.76 Å². The number of hydrogen-bond acceptors (Lipinski definition) is 5. The number of H-pyrrole nitrogens is 1. The van der Waals surface area contributed by atoms with Crippen molar-refractivity contribution in [1.29, 1.82) is 0 Å². The Morgan fingerprint density at radius 1 is 0.800 bits per heavy atom. The summed E-state index contributed by atoms with van der Waals surface area (Å²) in [5, 5.41) is 8.10. The van der Waals surface area contributed by atoms with E-state index in [1.807, 2.05) is 102 Å². The van der Waals surface area contributed by atoms with Gasteiger partial charge < -0.3 is 9.40 Å². The van der Waals surface area contributed by atoms with Crippen molar-refractivity contribution in [3.63, 3.8) is 0 Å². The van der Waals surface area contributed by atoms with Crippen LogP contribution in [0.5, 0.6) is 0 Å². The highest BCUT2D eigenvalue weighted by atomic mass is 32.2. The van der Waals surface area contributed by atoms with E-state index in [2.05, 4.69) is 15.1 Å². The summed E-state index contributed by atoms with van der Waals surface area (Å²) in [5.74, 6) is 0.672. The quantitative estimate of drug-likeness (QED) is 0.257. The van der Waals surface area contributed by atoms with E-state index in [0.717, 1.165) is 32.7 Å². The molecule has 0 amide bonds. The summed E-state index contributed by atoms with van der Waals surface area (Å²) < 4.78 is 5.93. The van der Waals surface area contributed by atoms with Gasteiger partial charge in [0.2, 0.25) is 0 Å². The molecule has 0 bridgehead atoms. The van der Waals surface area contributed by atoms with Crippen LogP contribution in [0.3, 0.4) is 0 Å². The molecule has 0 aliphatic rings. The highest BCUT2D eigenvalue weighted by molar-refractivity contribution is 7.99. The summed E-state index contributed by atoms with van der Waals surface area (Å²) >= 11 is 1.45. The largest absolute Gasteiger partial charge is 0.448 e. The van der Waals surface area contributed by atoms with Gasteiger partial charge in [-0.15, -0.1) is 0 Å². The number of para-hydroxylation sites is 4. The van der Waals surface area contributed by atoms with Gasteiger partial charge in [-0.05, 0) is 60.3 Å². The van der Waals surface area contributed by atoms with Gasteiger partial charge >= 0.3 is 0 Å². The van der Waals surface area contributed by atoms with Crippen LogP contribution in [0.1, 0.15) is 5.76 Å². The number of aromatic amines is 1. The second kappa shape index (κ2) is 8.31. The Morgan fingerprint density at radius 3 is 2.17 bits per heavy atom. The molecule has 0 saturated carbocycles. The van der Waals surface area contributed by atoms with Crippen LogP contribution in [0.4, 0.5) is 11.4 Å². The second-order valence-electron chi connectivity index (χ2n) is 6.55. The smallest absolute Gasteiger partial charge is 0.174 e. The third-order valence-corrected chi connectivity index (χ3v) is 5.28. The van der Waals surface area contributed by atoms with Crippen molar-refractivity contribution in [1.82, 2.24) is 9.97 Å². The highest BCUT2D eigenvalue weighted by Gasteiger charge is 2.09. The molecule has 0 radical (unpaired) electrons. The van der Waals surface area contributed by atoms with E-state index in [-0.39, 0.29) is 0 Å². The lowest BCUT2D eigenvalue weighted by atomic mass is 10.2. The fourth-order valence-corrected chi connectivity index (χ4v) is 3.84. The molecule has 3 aromatic carbocycles. The number of hydrogen-bond donors (Lipinski definition) is 1. The number of aromatic nitrogens is 2. The highest BCUT2D eigenvalue weighted by Crippen LogP contribution is 2.29. The van der Waals surface area contributed by atoms with Gasteiger partial charge in [0.05, 0.1) is 28.6 Å². The average molecular weight is 411 g/mol. The van der Waals surface area contributed by atoms with E-state index in [0.29, 0.717) is 5.76 Å². The van der Waals surface area contributed by atoms with E-state index in [1.165, 1.54) is 11.8 Å². The summed E-state index contributed by atoms with van der Waals surface area (Å²) in [7, 11) is 0. The number of imidazole rings is 1. The molecule has 0 aliphatic carbocycles. The second-order valence-corrected chi connectivity index (χ2v) is 7.54. The molecule has 0 fully saturated rings. The molecule has 0 unspecified atom stereocenters. The number of benzene rings is 3. The van der Waals surface area contributed by atoms with Gasteiger partial charge in [-0.1, -0.05) is 48.5 Å². The Balaban J connectivity index is 1.37. The molecule has 0 atom stereocenters. The van der Waals surface area contributed by atoms with E-state index in [9.17, 15) is 0 Å². The summed E-state index contributed by atoms with van der Waals surface area (Å²) in [5.41, 5.74) is 3.90. The first-order chi connectivity index (χ1) is 14.8. The molecule has 5 aromatic rings. The van der Waals surface area contributed by atoms with Crippen LogP contribution in [0.15, 0.2) is 117 Å². The average Bonchev–Trinajstić information content (AvgIpc) is 3.42. The first-order valence-electron chi connectivity index (χ1n) is 9.52. The minimum absolute atomic E-state index is 0.672. The minimum atomic E-state index is 0.672. The van der Waals surface area contributed by atoms with Crippen LogP contribution in [0.25, 0.3) is 11.0 Å². The standard InChI is InChI=1S/C24H18N4OS/c1-3-9-18(10-4-1)28(19-11-5-2-6-12-19)25-17-20-15-16-23(29-20)30-24-26-21-13-7-8-14-22(21)27-24/h1-17H,(H,26,27)/b25-17-. The molecule has 30 heavy (non-hydrogen) atoms. The summed E-state index contributed by atoms with van der Waals surface area (Å²) in [6, 6.07) is 31.8. The van der Waals surface area contributed by atoms with Crippen molar-refractivity contribution in [3.8, 4) is 0 Å². The Morgan fingerprint density at radius 2 is 1.47 bits per heavy atom. The summed E-state index contributed by atoms with van der Waals surface area (Å²) in [6.07, 6.45) is 1.72. The van der Waals surface area contributed by atoms with Crippen LogP contribution in [0, 0.1) is 0 Å². The molecule has 2 heterocycles. The van der Waals surface area contributed by atoms with Crippen LogP contribution < -0.4 is 5.01 Å². The third kappa shape index (κ3) is 3.99. The van der Waals surface area contributed by atoms with Gasteiger partial charge in [-0.25, -0.2) is 9.99 Å². The topological polar surface area (TPSA) is 57.4 Å². The monoisotopic (exact) mass is 410 g/mol. The van der Waals surface area contributed by atoms with Crippen molar-refractivity contribution in [2.75, 3.05) is 5.01 Å². The van der Waals surface area contributed by atoms with Crippen molar-refractivity contribution >= 4 is 40.4 Å². The van der Waals surface area contributed by atoms with Crippen LogP contribution in [-0.4, -0.2) is 16.2 Å². The van der Waals surface area contributed by atoms with Crippen LogP contribution >= 0.6 is 11.8 Å². The number of rotatable bonds is 6. The lowest BCUT2D eigenvalue weighted by molar-refractivity contribution is 0.468. The number of nitrogens with one attached hydrogen (secondary N) is 1. The molecule has 0 saturated heterocycles. The SMILES string of the molecule is C(=N/N(c1ccccc1)c1ccccc1)/c1ccc(Sc2nc3ccccc3[nH]2)o1. The fourth-order valence-electron chi connectivity index (χ4n) is 3.07. The molecule has 5 rings (SSSR count). The third-order valence-electron chi connectivity index (χ3n) is 4.47. The van der Waals surface area contributed by atoms with E-state index in [4.69, 9.17) is 4.42 Å². The Kier molecular flexibility index (Phi) is 5.06. The Bertz CT molecular complexity index is 1210. The van der Waals surface area contributed by atoms with Crippen molar-refractivity contribution in [3.05, 3.63) is 103 Å². The van der Waals surface area contributed by atoms with Gasteiger partial charge in [0.15, 0.2) is 10.2 Å². The maximum atomic E-state index is 5.93. The van der Waals surface area contributed by atoms with Crippen molar-refractivity contribution in [2.24, 2.45) is 5.10 Å². The number of fused-ring (bicyclic) bond motifs is 1. The Hall–Kier alpha value is -3.77. The molecular weight excluding hydrogens is 392 g/mol. The van der Waals surface area contributed by atoms with E-state index >= 15 is 0 Å². The molecule has 2 aromatic heterocycles.